The highest BCUT2D eigenvalue weighted by atomic mass is 16.6. The van der Waals surface area contributed by atoms with Crippen LogP contribution in [0.5, 0.6) is 0 Å². The number of non-ortho nitro benzene ring substituents is 1. The highest BCUT2D eigenvalue weighted by Gasteiger charge is 2.08. The molecule has 0 amide bonds. The molecule has 0 aliphatic heterocycles. The number of nitro groups is 1. The SMILES string of the molecule is Nc1cc2cc([N+](=O)[O-])ccc2o1. The Labute approximate surface area is 72.9 Å². The first-order valence-corrected chi connectivity index (χ1v) is 3.60. The Balaban J connectivity index is 2.67. The Bertz CT molecular complexity index is 475. The maximum absolute atomic E-state index is 10.4. The topological polar surface area (TPSA) is 82.3 Å². The highest BCUT2D eigenvalue weighted by Crippen LogP contribution is 2.24. The van der Waals surface area contributed by atoms with Crippen molar-refractivity contribution in [1.29, 1.82) is 0 Å². The molecule has 2 rings (SSSR count). The second-order valence-corrected chi connectivity index (χ2v) is 2.63. The normalized spacial score (nSPS) is 10.5. The fourth-order valence-electron chi connectivity index (χ4n) is 1.16. The van der Waals surface area contributed by atoms with Gasteiger partial charge in [0, 0.05) is 23.6 Å². The van der Waals surface area contributed by atoms with Crippen LogP contribution in [0.1, 0.15) is 0 Å². The molecule has 2 aromatic rings. The number of nitrogens with zero attached hydrogens (tertiary/aromatic N) is 1. The lowest BCUT2D eigenvalue weighted by Gasteiger charge is -1.89. The largest absolute Gasteiger partial charge is 0.441 e. The van der Waals surface area contributed by atoms with Gasteiger partial charge in [0.15, 0.2) is 5.88 Å². The van der Waals surface area contributed by atoms with Crippen molar-refractivity contribution < 1.29 is 9.34 Å². The molecule has 5 heteroatoms. The van der Waals surface area contributed by atoms with Crippen molar-refractivity contribution in [1.82, 2.24) is 0 Å². The average molecular weight is 178 g/mol. The summed E-state index contributed by atoms with van der Waals surface area (Å²) < 4.78 is 5.06. The van der Waals surface area contributed by atoms with Gasteiger partial charge >= 0.3 is 0 Å². The summed E-state index contributed by atoms with van der Waals surface area (Å²) in [6, 6.07) is 5.90. The monoisotopic (exact) mass is 178 g/mol. The molecule has 0 spiro atoms. The molecular formula is C8H6N2O3. The van der Waals surface area contributed by atoms with Crippen LogP contribution in [0.3, 0.4) is 0 Å². The summed E-state index contributed by atoms with van der Waals surface area (Å²) in [5.74, 6) is 0.260. The molecule has 2 N–H and O–H groups in total. The zero-order chi connectivity index (χ0) is 9.42. The summed E-state index contributed by atoms with van der Waals surface area (Å²) in [6.45, 7) is 0. The summed E-state index contributed by atoms with van der Waals surface area (Å²) in [4.78, 5) is 9.94. The fourth-order valence-corrected chi connectivity index (χ4v) is 1.16. The van der Waals surface area contributed by atoms with Gasteiger partial charge in [-0.3, -0.25) is 10.1 Å². The third kappa shape index (κ3) is 1.20. The molecule has 0 atom stereocenters. The van der Waals surface area contributed by atoms with Gasteiger partial charge in [0.1, 0.15) is 5.58 Å². The number of benzene rings is 1. The molecule has 0 saturated heterocycles. The Morgan fingerprint density at radius 1 is 1.38 bits per heavy atom. The molecule has 0 aliphatic rings. The van der Waals surface area contributed by atoms with Crippen LogP contribution in [0.15, 0.2) is 28.7 Å². The number of hydrogen-bond acceptors (Lipinski definition) is 4. The Morgan fingerprint density at radius 3 is 2.85 bits per heavy atom. The molecule has 0 unspecified atom stereocenters. The molecule has 66 valence electrons. The Kier molecular flexibility index (Phi) is 1.45. The predicted molar refractivity (Wildman–Crippen MR) is 47.3 cm³/mol. The van der Waals surface area contributed by atoms with E-state index < -0.39 is 4.92 Å². The van der Waals surface area contributed by atoms with Crippen molar-refractivity contribution >= 4 is 22.5 Å². The molecule has 0 radical (unpaired) electrons. The van der Waals surface area contributed by atoms with Crippen LogP contribution in [0.2, 0.25) is 0 Å². The predicted octanol–water partition coefficient (Wildman–Crippen LogP) is 1.92. The molecule has 1 aromatic heterocycles. The maximum Gasteiger partial charge on any atom is 0.270 e. The number of hydrogen-bond donors (Lipinski definition) is 1. The van der Waals surface area contributed by atoms with Gasteiger partial charge in [-0.2, -0.15) is 0 Å². The lowest BCUT2D eigenvalue weighted by Crippen LogP contribution is -1.85. The first-order chi connectivity index (χ1) is 6.16. The van der Waals surface area contributed by atoms with Crippen LogP contribution in [0.25, 0.3) is 11.0 Å². The Hall–Kier alpha value is -2.04. The molecular weight excluding hydrogens is 172 g/mol. The smallest absolute Gasteiger partial charge is 0.270 e. The standard InChI is InChI=1S/C8H6N2O3/c9-8-4-5-3-6(10(11)12)1-2-7(5)13-8/h1-4H,9H2. The van der Waals surface area contributed by atoms with Gasteiger partial charge in [-0.15, -0.1) is 0 Å². The molecule has 5 nitrogen and oxygen atoms in total. The number of nitro benzene ring substituents is 1. The van der Waals surface area contributed by atoms with Gasteiger partial charge in [-0.1, -0.05) is 0 Å². The van der Waals surface area contributed by atoms with E-state index in [4.69, 9.17) is 10.2 Å². The van der Waals surface area contributed by atoms with E-state index in [0.29, 0.717) is 11.0 Å². The van der Waals surface area contributed by atoms with Crippen LogP contribution >= 0.6 is 0 Å². The number of furan rings is 1. The van der Waals surface area contributed by atoms with Gasteiger partial charge in [0.2, 0.25) is 0 Å². The van der Waals surface area contributed by atoms with E-state index in [1.165, 1.54) is 18.2 Å². The van der Waals surface area contributed by atoms with E-state index in [1.54, 1.807) is 6.07 Å². The lowest BCUT2D eigenvalue weighted by atomic mass is 10.2. The van der Waals surface area contributed by atoms with E-state index in [1.807, 2.05) is 0 Å². The third-order valence-corrected chi connectivity index (χ3v) is 1.73. The fraction of sp³-hybridized carbons (Fsp3) is 0. The molecule has 1 aromatic carbocycles. The van der Waals surface area contributed by atoms with Gasteiger partial charge in [-0.25, -0.2) is 0 Å². The van der Waals surface area contributed by atoms with Crippen LogP contribution in [-0.2, 0) is 0 Å². The number of fused-ring (bicyclic) bond motifs is 1. The minimum atomic E-state index is -0.456. The quantitative estimate of drug-likeness (QED) is 0.534. The van der Waals surface area contributed by atoms with E-state index in [2.05, 4.69) is 0 Å². The second kappa shape index (κ2) is 2.48. The minimum absolute atomic E-state index is 0.0355. The maximum atomic E-state index is 10.4. The summed E-state index contributed by atoms with van der Waals surface area (Å²) in [7, 11) is 0. The molecule has 0 aliphatic carbocycles. The van der Waals surface area contributed by atoms with Crippen LogP contribution < -0.4 is 5.73 Å². The first-order valence-electron chi connectivity index (χ1n) is 3.60. The van der Waals surface area contributed by atoms with E-state index in [0.717, 1.165) is 0 Å². The number of nitrogens with two attached hydrogens (primary N) is 1. The molecule has 0 fully saturated rings. The molecule has 0 bridgehead atoms. The minimum Gasteiger partial charge on any atom is -0.441 e. The van der Waals surface area contributed by atoms with Crippen LogP contribution in [-0.4, -0.2) is 4.92 Å². The van der Waals surface area contributed by atoms with E-state index >= 15 is 0 Å². The van der Waals surface area contributed by atoms with Crippen molar-refractivity contribution in [2.24, 2.45) is 0 Å². The van der Waals surface area contributed by atoms with Gasteiger partial charge in [0.25, 0.3) is 5.69 Å². The Morgan fingerprint density at radius 2 is 2.15 bits per heavy atom. The van der Waals surface area contributed by atoms with Gasteiger partial charge in [0.05, 0.1) is 4.92 Å². The number of nitrogen functional groups attached to an aromatic ring is 1. The summed E-state index contributed by atoms with van der Waals surface area (Å²) in [6.07, 6.45) is 0. The van der Waals surface area contributed by atoms with E-state index in [9.17, 15) is 10.1 Å². The van der Waals surface area contributed by atoms with Gasteiger partial charge < -0.3 is 10.2 Å². The van der Waals surface area contributed by atoms with Crippen molar-refractivity contribution in [3.8, 4) is 0 Å². The summed E-state index contributed by atoms with van der Waals surface area (Å²) in [5, 5.41) is 11.0. The molecule has 13 heavy (non-hydrogen) atoms. The van der Waals surface area contributed by atoms with E-state index in [-0.39, 0.29) is 11.6 Å². The number of anilines is 1. The summed E-state index contributed by atoms with van der Waals surface area (Å²) >= 11 is 0. The van der Waals surface area contributed by atoms with Crippen molar-refractivity contribution in [2.45, 2.75) is 0 Å². The summed E-state index contributed by atoms with van der Waals surface area (Å²) in [5.41, 5.74) is 5.97. The average Bonchev–Trinajstić information content (AvgIpc) is 2.42. The van der Waals surface area contributed by atoms with Crippen molar-refractivity contribution in [3.05, 3.63) is 34.4 Å². The molecule has 1 heterocycles. The third-order valence-electron chi connectivity index (χ3n) is 1.73. The van der Waals surface area contributed by atoms with Crippen LogP contribution in [0.4, 0.5) is 11.6 Å². The van der Waals surface area contributed by atoms with Crippen LogP contribution in [0, 0.1) is 10.1 Å². The molecule has 0 saturated carbocycles. The highest BCUT2D eigenvalue weighted by molar-refractivity contribution is 5.82. The number of rotatable bonds is 1. The zero-order valence-electron chi connectivity index (χ0n) is 6.56. The lowest BCUT2D eigenvalue weighted by molar-refractivity contribution is -0.384. The van der Waals surface area contributed by atoms with Gasteiger partial charge in [-0.05, 0) is 6.07 Å². The zero-order valence-corrected chi connectivity index (χ0v) is 6.56. The van der Waals surface area contributed by atoms with Crippen molar-refractivity contribution in [2.75, 3.05) is 5.73 Å². The second-order valence-electron chi connectivity index (χ2n) is 2.63. The first kappa shape index (κ1) is 7.60. The van der Waals surface area contributed by atoms with Crippen molar-refractivity contribution in [3.63, 3.8) is 0 Å².